The molecule has 1 N–H and O–H groups in total. The zero-order valence-corrected chi connectivity index (χ0v) is 11.0. The van der Waals surface area contributed by atoms with Crippen molar-refractivity contribution in [2.45, 2.75) is 6.36 Å². The van der Waals surface area contributed by atoms with Gasteiger partial charge in [0.15, 0.2) is 5.82 Å². The van der Waals surface area contributed by atoms with Gasteiger partial charge in [-0.3, -0.25) is 0 Å². The number of nitrogens with one attached hydrogen (secondary N) is 1. The van der Waals surface area contributed by atoms with Gasteiger partial charge in [-0.1, -0.05) is 18.2 Å². The summed E-state index contributed by atoms with van der Waals surface area (Å²) >= 11 is 0. The van der Waals surface area contributed by atoms with E-state index in [-0.39, 0.29) is 5.75 Å². The lowest BCUT2D eigenvalue weighted by atomic mass is 10.2. The Morgan fingerprint density at radius 2 is 1.77 bits per heavy atom. The van der Waals surface area contributed by atoms with E-state index in [0.29, 0.717) is 22.4 Å². The van der Waals surface area contributed by atoms with Crippen LogP contribution in [0.15, 0.2) is 48.5 Å². The second-order valence-electron chi connectivity index (χ2n) is 4.36. The van der Waals surface area contributed by atoms with E-state index in [1.54, 1.807) is 30.3 Å². The third kappa shape index (κ3) is 3.22. The fourth-order valence-electron chi connectivity index (χ4n) is 1.93. The predicted octanol–water partition coefficient (Wildman–Crippen LogP) is 3.67. The third-order valence-electron chi connectivity index (χ3n) is 2.79. The van der Waals surface area contributed by atoms with E-state index >= 15 is 0 Å². The number of ether oxygens (including phenoxy) is 1. The van der Waals surface area contributed by atoms with E-state index in [4.69, 9.17) is 0 Å². The van der Waals surface area contributed by atoms with Crippen molar-refractivity contribution in [3.63, 3.8) is 0 Å². The van der Waals surface area contributed by atoms with Gasteiger partial charge in [0.2, 0.25) is 0 Å². The minimum atomic E-state index is -4.73. The molecule has 3 aromatic rings. The predicted molar refractivity (Wildman–Crippen MR) is 73.7 cm³/mol. The maximum atomic E-state index is 12.2. The Labute approximate surface area is 122 Å². The largest absolute Gasteiger partial charge is 0.573 e. The highest BCUT2D eigenvalue weighted by atomic mass is 19.4. The molecule has 0 aliphatic heterocycles. The molecule has 0 unspecified atom stereocenters. The molecule has 0 aliphatic rings. The first kappa shape index (κ1) is 14.1. The summed E-state index contributed by atoms with van der Waals surface area (Å²) in [6.07, 6.45) is -4.73. The van der Waals surface area contributed by atoms with E-state index in [1.165, 1.54) is 18.2 Å². The maximum absolute atomic E-state index is 12.2. The lowest BCUT2D eigenvalue weighted by Gasteiger charge is -2.11. The van der Waals surface area contributed by atoms with Gasteiger partial charge >= 0.3 is 6.36 Å². The van der Waals surface area contributed by atoms with Gasteiger partial charge in [0, 0.05) is 17.1 Å². The van der Waals surface area contributed by atoms with Crippen molar-refractivity contribution in [3.8, 4) is 5.75 Å². The number of hydrogen-bond donors (Lipinski definition) is 1. The number of benzene rings is 2. The molecular formula is C14H9F3N4O. The van der Waals surface area contributed by atoms with Crippen LogP contribution >= 0.6 is 0 Å². The molecule has 1 aromatic heterocycles. The number of anilines is 2. The van der Waals surface area contributed by atoms with Crippen LogP contribution in [0.3, 0.4) is 0 Å². The smallest absolute Gasteiger partial charge is 0.406 e. The molecule has 1 heterocycles. The van der Waals surface area contributed by atoms with Crippen molar-refractivity contribution in [2.24, 2.45) is 0 Å². The van der Waals surface area contributed by atoms with Crippen molar-refractivity contribution in [1.82, 2.24) is 15.4 Å². The maximum Gasteiger partial charge on any atom is 0.573 e. The number of fused-ring (bicyclic) bond motifs is 1. The average molecular weight is 306 g/mol. The molecule has 3 rings (SSSR count). The summed E-state index contributed by atoms with van der Waals surface area (Å²) in [7, 11) is 0. The fourth-order valence-corrected chi connectivity index (χ4v) is 1.93. The Hall–Kier alpha value is -2.90. The highest BCUT2D eigenvalue weighted by molar-refractivity contribution is 5.90. The van der Waals surface area contributed by atoms with Crippen molar-refractivity contribution in [1.29, 1.82) is 0 Å². The van der Waals surface area contributed by atoms with Crippen molar-refractivity contribution in [3.05, 3.63) is 48.5 Å². The van der Waals surface area contributed by atoms with E-state index < -0.39 is 6.36 Å². The number of halogens is 3. The number of rotatable bonds is 3. The second-order valence-corrected chi connectivity index (χ2v) is 4.36. The molecule has 0 radical (unpaired) electrons. The van der Waals surface area contributed by atoms with Gasteiger partial charge in [-0.2, -0.15) is 0 Å². The van der Waals surface area contributed by atoms with E-state index in [0.717, 1.165) is 0 Å². The normalized spacial score (nSPS) is 11.4. The highest BCUT2D eigenvalue weighted by Crippen LogP contribution is 2.27. The molecule has 0 atom stereocenters. The van der Waals surface area contributed by atoms with E-state index in [1.807, 2.05) is 0 Å². The zero-order valence-electron chi connectivity index (χ0n) is 11.0. The van der Waals surface area contributed by atoms with Crippen LogP contribution in [0.4, 0.5) is 24.7 Å². The number of aromatic nitrogens is 3. The van der Waals surface area contributed by atoms with Crippen LogP contribution in [-0.4, -0.2) is 21.8 Å². The molecule has 8 heteroatoms. The lowest BCUT2D eigenvalue weighted by molar-refractivity contribution is -0.274. The average Bonchev–Trinajstić information content (AvgIpc) is 2.46. The summed E-state index contributed by atoms with van der Waals surface area (Å²) in [6.45, 7) is 0. The van der Waals surface area contributed by atoms with Crippen LogP contribution in [0.5, 0.6) is 5.75 Å². The van der Waals surface area contributed by atoms with Gasteiger partial charge in [0.25, 0.3) is 0 Å². The van der Waals surface area contributed by atoms with Gasteiger partial charge in [-0.15, -0.1) is 23.4 Å². The van der Waals surface area contributed by atoms with Crippen LogP contribution in [0, 0.1) is 0 Å². The number of nitrogens with zero attached hydrogens (tertiary/aromatic N) is 3. The molecular weight excluding hydrogens is 297 g/mol. The van der Waals surface area contributed by atoms with E-state index in [9.17, 15) is 13.2 Å². The molecule has 0 saturated carbocycles. The minimum Gasteiger partial charge on any atom is -0.406 e. The number of hydrogen-bond acceptors (Lipinski definition) is 5. The van der Waals surface area contributed by atoms with Gasteiger partial charge < -0.3 is 10.1 Å². The second kappa shape index (κ2) is 5.47. The Morgan fingerprint density at radius 1 is 0.955 bits per heavy atom. The first-order valence-electron chi connectivity index (χ1n) is 6.22. The summed E-state index contributed by atoms with van der Waals surface area (Å²) < 4.78 is 40.6. The fraction of sp³-hybridized carbons (Fsp3) is 0.0714. The lowest BCUT2D eigenvalue weighted by Crippen LogP contribution is -2.17. The topological polar surface area (TPSA) is 59.9 Å². The molecule has 0 aliphatic carbocycles. The van der Waals surface area contributed by atoms with Gasteiger partial charge in [-0.25, -0.2) is 0 Å². The SMILES string of the molecule is FC(F)(F)Oc1cccc(Nc2nnnc3ccccc23)c1. The van der Waals surface area contributed by atoms with E-state index in [2.05, 4.69) is 25.5 Å². The van der Waals surface area contributed by atoms with Crippen molar-refractivity contribution < 1.29 is 17.9 Å². The summed E-state index contributed by atoms with van der Waals surface area (Å²) in [5, 5.41) is 15.0. The van der Waals surface area contributed by atoms with Gasteiger partial charge in [0.1, 0.15) is 5.75 Å². The molecule has 5 nitrogen and oxygen atoms in total. The molecule has 0 bridgehead atoms. The quantitative estimate of drug-likeness (QED) is 0.800. The first-order valence-corrected chi connectivity index (χ1v) is 6.22. The van der Waals surface area contributed by atoms with Crippen LogP contribution in [-0.2, 0) is 0 Å². The zero-order chi connectivity index (χ0) is 15.6. The molecule has 22 heavy (non-hydrogen) atoms. The van der Waals surface area contributed by atoms with Gasteiger partial charge in [0.05, 0.1) is 5.52 Å². The van der Waals surface area contributed by atoms with Crippen LogP contribution in [0.2, 0.25) is 0 Å². The summed E-state index contributed by atoms with van der Waals surface area (Å²) in [5.74, 6) is 0.0820. The summed E-state index contributed by atoms with van der Waals surface area (Å²) in [6, 6.07) is 12.6. The molecule has 0 spiro atoms. The Morgan fingerprint density at radius 3 is 2.59 bits per heavy atom. The standard InChI is InChI=1S/C14H9F3N4O/c15-14(16,17)22-10-5-3-4-9(8-10)18-13-11-6-1-2-7-12(11)19-21-20-13/h1-8H,(H,18,19,20). The Bertz CT molecular complexity index is 802. The molecule has 2 aromatic carbocycles. The third-order valence-corrected chi connectivity index (χ3v) is 2.79. The summed E-state index contributed by atoms with van der Waals surface area (Å²) in [4.78, 5) is 0. The van der Waals surface area contributed by atoms with Crippen LogP contribution in [0.25, 0.3) is 10.9 Å². The number of alkyl halides is 3. The Balaban J connectivity index is 1.91. The monoisotopic (exact) mass is 306 g/mol. The Kier molecular flexibility index (Phi) is 3.50. The summed E-state index contributed by atoms with van der Waals surface area (Å²) in [5.41, 5.74) is 1.02. The van der Waals surface area contributed by atoms with Crippen molar-refractivity contribution in [2.75, 3.05) is 5.32 Å². The van der Waals surface area contributed by atoms with Crippen molar-refractivity contribution >= 4 is 22.4 Å². The molecule has 0 fully saturated rings. The van der Waals surface area contributed by atoms with Gasteiger partial charge in [-0.05, 0) is 29.5 Å². The van der Waals surface area contributed by atoms with Crippen LogP contribution < -0.4 is 10.1 Å². The minimum absolute atomic E-state index is 0.316. The first-order chi connectivity index (χ1) is 10.5. The molecule has 112 valence electrons. The molecule has 0 saturated heterocycles. The highest BCUT2D eigenvalue weighted by Gasteiger charge is 2.31. The molecule has 0 amide bonds. The van der Waals surface area contributed by atoms with Crippen LogP contribution in [0.1, 0.15) is 0 Å².